The number of aliphatic hydroxyl groups is 2. The van der Waals surface area contributed by atoms with Gasteiger partial charge in [0.1, 0.15) is 5.75 Å². The predicted molar refractivity (Wildman–Crippen MR) is 155 cm³/mol. The van der Waals surface area contributed by atoms with Crippen LogP contribution in [0.15, 0.2) is 48.5 Å². The fourth-order valence-corrected chi connectivity index (χ4v) is 6.78. The van der Waals surface area contributed by atoms with E-state index in [1.807, 2.05) is 30.3 Å². The highest BCUT2D eigenvalue weighted by atomic mass is 16.5. The van der Waals surface area contributed by atoms with Crippen molar-refractivity contribution in [2.75, 3.05) is 7.11 Å². The normalized spacial score (nSPS) is 25.6. The largest absolute Gasteiger partial charge is 0.508 e. The maximum Gasteiger partial charge on any atom is 0.168 e. The molecule has 4 N–H and O–H groups in total. The average Bonchev–Trinajstić information content (AvgIpc) is 3.13. The lowest BCUT2D eigenvalue weighted by molar-refractivity contribution is -0.0231. The molecular weight excluding hydrogens is 488 g/mol. The zero-order valence-corrected chi connectivity index (χ0v) is 23.0. The minimum absolute atomic E-state index is 0.0567. The summed E-state index contributed by atoms with van der Waals surface area (Å²) in [6.07, 6.45) is 6.48. The number of methoxy groups -OCH3 is 1. The fraction of sp³-hybridized carbons (Fsp3) is 0.471. The van der Waals surface area contributed by atoms with Gasteiger partial charge in [-0.25, -0.2) is 0 Å². The molecule has 1 saturated carbocycles. The molecule has 3 aromatic carbocycles. The van der Waals surface area contributed by atoms with E-state index in [1.165, 1.54) is 0 Å². The fourth-order valence-electron chi connectivity index (χ4n) is 6.78. The molecule has 5 rings (SSSR count). The van der Waals surface area contributed by atoms with E-state index in [9.17, 15) is 20.4 Å². The number of rotatable bonds is 7. The number of ether oxygens (including phenoxy) is 1. The second-order valence-electron chi connectivity index (χ2n) is 11.5. The molecule has 206 valence electrons. The summed E-state index contributed by atoms with van der Waals surface area (Å²) in [5.74, 6) is 7.52. The van der Waals surface area contributed by atoms with Gasteiger partial charge in [-0.05, 0) is 97.0 Å². The zero-order valence-electron chi connectivity index (χ0n) is 23.0. The van der Waals surface area contributed by atoms with Gasteiger partial charge in [0.15, 0.2) is 11.5 Å². The van der Waals surface area contributed by atoms with Crippen molar-refractivity contribution in [3.63, 3.8) is 0 Å². The Labute approximate surface area is 231 Å². The summed E-state index contributed by atoms with van der Waals surface area (Å²) in [6.45, 7) is 2.22. The number of benzene rings is 3. The summed E-state index contributed by atoms with van der Waals surface area (Å²) < 4.78 is 5.64. The Balaban J connectivity index is 1.42. The number of hydrogen-bond donors (Lipinski definition) is 4. The van der Waals surface area contributed by atoms with Gasteiger partial charge in [0.2, 0.25) is 0 Å². The van der Waals surface area contributed by atoms with Gasteiger partial charge in [-0.2, -0.15) is 0 Å². The topological polar surface area (TPSA) is 90.2 Å². The number of phenols is 2. The second kappa shape index (κ2) is 11.5. The lowest BCUT2D eigenvalue weighted by Crippen LogP contribution is -2.37. The highest BCUT2D eigenvalue weighted by molar-refractivity contribution is 5.90. The number of fused-ring (bicyclic) bond motifs is 4. The van der Waals surface area contributed by atoms with Crippen LogP contribution in [0.5, 0.6) is 17.2 Å². The van der Waals surface area contributed by atoms with E-state index in [0.717, 1.165) is 66.0 Å². The first kappa shape index (κ1) is 27.4. The van der Waals surface area contributed by atoms with E-state index in [2.05, 4.69) is 18.8 Å². The molecule has 2 aliphatic carbocycles. The van der Waals surface area contributed by atoms with Crippen LogP contribution in [0.4, 0.5) is 0 Å². The molecule has 0 heterocycles. The third kappa shape index (κ3) is 5.60. The maximum absolute atomic E-state index is 11.4. The summed E-state index contributed by atoms with van der Waals surface area (Å²) in [5, 5.41) is 45.1. The van der Waals surface area contributed by atoms with Crippen LogP contribution in [0.25, 0.3) is 21.9 Å². The molecule has 2 aliphatic rings. The summed E-state index contributed by atoms with van der Waals surface area (Å²) in [4.78, 5) is 0. The number of phenolic OH excluding ortho intramolecular Hbond substituents is 2. The molecule has 5 nitrogen and oxygen atoms in total. The van der Waals surface area contributed by atoms with Crippen molar-refractivity contribution in [1.82, 2.24) is 0 Å². The first-order chi connectivity index (χ1) is 18.8. The summed E-state index contributed by atoms with van der Waals surface area (Å²) >= 11 is 0. The van der Waals surface area contributed by atoms with Crippen LogP contribution in [0.1, 0.15) is 63.9 Å². The molecule has 0 unspecified atom stereocenters. The Hall–Kier alpha value is -3.20. The summed E-state index contributed by atoms with van der Waals surface area (Å²) in [7, 11) is 1.54. The zero-order chi connectivity index (χ0) is 27.6. The molecule has 0 aromatic heterocycles. The van der Waals surface area contributed by atoms with Crippen molar-refractivity contribution in [2.24, 2.45) is 17.3 Å². The predicted octanol–water partition coefficient (Wildman–Crippen LogP) is 6.58. The highest BCUT2D eigenvalue weighted by Gasteiger charge is 2.38. The number of aryl methyl sites for hydroxylation is 1. The maximum atomic E-state index is 11.4. The average molecular weight is 529 g/mol. The van der Waals surface area contributed by atoms with Crippen LogP contribution in [0.3, 0.4) is 0 Å². The summed E-state index contributed by atoms with van der Waals surface area (Å²) in [6, 6.07) is 14.7. The van der Waals surface area contributed by atoms with Gasteiger partial charge >= 0.3 is 0 Å². The number of hydrogen-bond acceptors (Lipinski definition) is 5. The molecule has 0 spiro atoms. The monoisotopic (exact) mass is 528 g/mol. The Bertz CT molecular complexity index is 1390. The van der Waals surface area contributed by atoms with E-state index in [1.54, 1.807) is 25.3 Å². The third-order valence-electron chi connectivity index (χ3n) is 9.26. The highest BCUT2D eigenvalue weighted by Crippen LogP contribution is 2.44. The molecule has 0 radical (unpaired) electrons. The summed E-state index contributed by atoms with van der Waals surface area (Å²) in [5.41, 5.74) is 2.68. The lowest BCUT2D eigenvalue weighted by atomic mass is 9.78. The molecule has 39 heavy (non-hydrogen) atoms. The molecule has 5 atom stereocenters. The van der Waals surface area contributed by atoms with E-state index in [0.29, 0.717) is 25.0 Å². The van der Waals surface area contributed by atoms with E-state index >= 15 is 0 Å². The van der Waals surface area contributed by atoms with Gasteiger partial charge in [-0.3, -0.25) is 0 Å². The van der Waals surface area contributed by atoms with E-state index < -0.39 is 12.2 Å². The van der Waals surface area contributed by atoms with Crippen LogP contribution in [-0.2, 0) is 6.42 Å². The van der Waals surface area contributed by atoms with Gasteiger partial charge in [0.25, 0.3) is 0 Å². The van der Waals surface area contributed by atoms with Crippen molar-refractivity contribution in [3.05, 3.63) is 54.1 Å². The second-order valence-corrected chi connectivity index (χ2v) is 11.5. The van der Waals surface area contributed by atoms with Crippen LogP contribution < -0.4 is 4.74 Å². The van der Waals surface area contributed by atoms with Crippen molar-refractivity contribution in [3.8, 4) is 40.2 Å². The van der Waals surface area contributed by atoms with Crippen molar-refractivity contribution < 1.29 is 25.2 Å². The van der Waals surface area contributed by atoms with Gasteiger partial charge in [0.05, 0.1) is 19.3 Å². The molecule has 3 aromatic rings. The van der Waals surface area contributed by atoms with Crippen LogP contribution in [0, 0.1) is 29.1 Å². The molecule has 5 heteroatoms. The Kier molecular flexibility index (Phi) is 8.07. The van der Waals surface area contributed by atoms with Gasteiger partial charge in [-0.1, -0.05) is 43.5 Å². The minimum Gasteiger partial charge on any atom is -0.508 e. The molecular formula is C34H40O5. The SMILES string of the molecule is CC[C@@]12C#CC[C@H]([C@H](O)CCc3ccc(O)c(OC)c3-c3ccc4cc(O)ccc4c3)[C@@H](O)[C@@H](CCC1)CC2. The van der Waals surface area contributed by atoms with Gasteiger partial charge < -0.3 is 25.2 Å². The Morgan fingerprint density at radius 2 is 1.82 bits per heavy atom. The molecule has 0 aliphatic heterocycles. The third-order valence-corrected chi connectivity index (χ3v) is 9.26. The number of aromatic hydroxyl groups is 2. The molecule has 2 bridgehead atoms. The first-order valence-electron chi connectivity index (χ1n) is 14.3. The minimum atomic E-state index is -0.697. The van der Waals surface area contributed by atoms with E-state index in [4.69, 9.17) is 4.74 Å². The van der Waals surface area contributed by atoms with Crippen LogP contribution >= 0.6 is 0 Å². The van der Waals surface area contributed by atoms with Gasteiger partial charge in [-0.15, -0.1) is 5.92 Å². The molecule has 0 amide bonds. The van der Waals surface area contributed by atoms with E-state index in [-0.39, 0.29) is 28.7 Å². The van der Waals surface area contributed by atoms with Crippen LogP contribution in [0.2, 0.25) is 0 Å². The smallest absolute Gasteiger partial charge is 0.168 e. The molecule has 1 fully saturated rings. The van der Waals surface area contributed by atoms with Crippen molar-refractivity contribution >= 4 is 10.8 Å². The van der Waals surface area contributed by atoms with Crippen molar-refractivity contribution in [1.29, 1.82) is 0 Å². The Morgan fingerprint density at radius 3 is 2.62 bits per heavy atom. The quantitative estimate of drug-likeness (QED) is 0.260. The van der Waals surface area contributed by atoms with Gasteiger partial charge in [0, 0.05) is 23.3 Å². The lowest BCUT2D eigenvalue weighted by Gasteiger charge is -2.31. The number of aliphatic hydroxyl groups excluding tert-OH is 2. The first-order valence-corrected chi connectivity index (χ1v) is 14.3. The van der Waals surface area contributed by atoms with Crippen LogP contribution in [-0.4, -0.2) is 39.7 Å². The molecule has 0 saturated heterocycles. The standard InChI is InChI=1S/C34H40O5/c1-3-34-17-4-6-23(16-19-34)32(38)28(7-5-18-34)29(36)14-11-22-12-15-30(37)33(39-2)31(22)26-9-8-25-21-27(35)13-10-24(25)20-26/h8-10,12-13,15,20-21,23,28-29,32,35-38H,3-4,6-7,11,14,16-17,19H2,1-2H3/t23-,28+,29+,32-,34-/m0/s1. The van der Waals surface area contributed by atoms with Crippen molar-refractivity contribution in [2.45, 2.75) is 76.9 Å². The Morgan fingerprint density at radius 1 is 1.03 bits per heavy atom.